The van der Waals surface area contributed by atoms with Gasteiger partial charge in [-0.15, -0.1) is 0 Å². The zero-order valence-corrected chi connectivity index (χ0v) is 12.5. The summed E-state index contributed by atoms with van der Waals surface area (Å²) in [6.45, 7) is 8.15. The molecule has 1 heterocycles. The highest BCUT2D eigenvalue weighted by Gasteiger charge is 2.14. The average Bonchev–Trinajstić information content (AvgIpc) is 2.93. The van der Waals surface area contributed by atoms with Crippen LogP contribution in [0.25, 0.3) is 0 Å². The van der Waals surface area contributed by atoms with Gasteiger partial charge in [0, 0.05) is 18.2 Å². The second-order valence-corrected chi connectivity index (χ2v) is 4.69. The molecule has 20 heavy (non-hydrogen) atoms. The fourth-order valence-electron chi connectivity index (χ4n) is 2.28. The highest BCUT2D eigenvalue weighted by molar-refractivity contribution is 5.38. The monoisotopic (exact) mass is 273 g/mol. The van der Waals surface area contributed by atoms with Crippen molar-refractivity contribution in [3.05, 3.63) is 42.2 Å². The second kappa shape index (κ2) is 7.10. The SMILES string of the molecule is CCNC(CC)c1ccccc1Oc1cnn(CC)c1. The Morgan fingerprint density at radius 1 is 1.25 bits per heavy atom. The van der Waals surface area contributed by atoms with E-state index < -0.39 is 0 Å². The van der Waals surface area contributed by atoms with E-state index in [0.29, 0.717) is 6.04 Å². The van der Waals surface area contributed by atoms with Crippen molar-refractivity contribution in [3.63, 3.8) is 0 Å². The van der Waals surface area contributed by atoms with Crippen LogP contribution < -0.4 is 10.1 Å². The van der Waals surface area contributed by atoms with E-state index in [9.17, 15) is 0 Å². The molecule has 0 saturated carbocycles. The van der Waals surface area contributed by atoms with Gasteiger partial charge < -0.3 is 10.1 Å². The molecule has 2 aromatic rings. The maximum Gasteiger partial charge on any atom is 0.165 e. The predicted molar refractivity (Wildman–Crippen MR) is 81.1 cm³/mol. The summed E-state index contributed by atoms with van der Waals surface area (Å²) in [5.41, 5.74) is 1.20. The quantitative estimate of drug-likeness (QED) is 0.835. The van der Waals surface area contributed by atoms with Crippen LogP contribution in [0.5, 0.6) is 11.5 Å². The Morgan fingerprint density at radius 2 is 2.05 bits per heavy atom. The Kier molecular flexibility index (Phi) is 5.18. The highest BCUT2D eigenvalue weighted by atomic mass is 16.5. The van der Waals surface area contributed by atoms with E-state index in [2.05, 4.69) is 43.3 Å². The van der Waals surface area contributed by atoms with Gasteiger partial charge in [0.1, 0.15) is 5.75 Å². The molecule has 108 valence electrons. The maximum absolute atomic E-state index is 6.00. The minimum atomic E-state index is 0.317. The fraction of sp³-hybridized carbons (Fsp3) is 0.438. The molecule has 0 saturated heterocycles. The lowest BCUT2D eigenvalue weighted by molar-refractivity contribution is 0.452. The van der Waals surface area contributed by atoms with E-state index in [1.165, 1.54) is 5.56 Å². The predicted octanol–water partition coefficient (Wildman–Crippen LogP) is 3.76. The number of hydrogen-bond acceptors (Lipinski definition) is 3. The topological polar surface area (TPSA) is 39.1 Å². The van der Waals surface area contributed by atoms with Crippen molar-refractivity contribution < 1.29 is 4.74 Å². The fourth-order valence-corrected chi connectivity index (χ4v) is 2.28. The molecule has 1 unspecified atom stereocenters. The number of para-hydroxylation sites is 1. The van der Waals surface area contributed by atoms with Gasteiger partial charge >= 0.3 is 0 Å². The van der Waals surface area contributed by atoms with Crippen LogP contribution in [0.15, 0.2) is 36.7 Å². The molecular weight excluding hydrogens is 250 g/mol. The maximum atomic E-state index is 6.00. The molecule has 1 aromatic heterocycles. The molecule has 0 amide bonds. The van der Waals surface area contributed by atoms with Crippen LogP contribution in [0.2, 0.25) is 0 Å². The summed E-state index contributed by atoms with van der Waals surface area (Å²) < 4.78 is 7.86. The van der Waals surface area contributed by atoms with Crippen molar-refractivity contribution in [2.45, 2.75) is 39.8 Å². The smallest absolute Gasteiger partial charge is 0.165 e. The Bertz CT molecular complexity index is 536. The van der Waals surface area contributed by atoms with Gasteiger partial charge in [-0.1, -0.05) is 32.0 Å². The van der Waals surface area contributed by atoms with E-state index in [-0.39, 0.29) is 0 Å². The summed E-state index contributed by atoms with van der Waals surface area (Å²) in [6.07, 6.45) is 4.71. The molecule has 0 aliphatic heterocycles. The van der Waals surface area contributed by atoms with Crippen LogP contribution in [0.4, 0.5) is 0 Å². The molecule has 2 rings (SSSR count). The van der Waals surface area contributed by atoms with Gasteiger partial charge in [0.15, 0.2) is 5.75 Å². The molecule has 4 heteroatoms. The summed E-state index contributed by atoms with van der Waals surface area (Å²) in [5, 5.41) is 7.73. The van der Waals surface area contributed by atoms with Gasteiger partial charge in [0.2, 0.25) is 0 Å². The van der Waals surface area contributed by atoms with Crippen LogP contribution in [-0.2, 0) is 6.54 Å². The summed E-state index contributed by atoms with van der Waals surface area (Å²) in [6, 6.07) is 8.51. The van der Waals surface area contributed by atoms with Crippen LogP contribution in [0.3, 0.4) is 0 Å². The molecule has 1 N–H and O–H groups in total. The first-order valence-corrected chi connectivity index (χ1v) is 7.31. The molecule has 0 aliphatic carbocycles. The molecule has 0 fully saturated rings. The van der Waals surface area contributed by atoms with Crippen molar-refractivity contribution >= 4 is 0 Å². The van der Waals surface area contributed by atoms with Crippen molar-refractivity contribution in [2.75, 3.05) is 6.54 Å². The Hall–Kier alpha value is -1.81. The van der Waals surface area contributed by atoms with Crippen LogP contribution in [0, 0.1) is 0 Å². The number of benzene rings is 1. The Balaban J connectivity index is 2.22. The van der Waals surface area contributed by atoms with Crippen molar-refractivity contribution in [3.8, 4) is 11.5 Å². The summed E-state index contributed by atoms with van der Waals surface area (Å²) in [7, 11) is 0. The minimum Gasteiger partial charge on any atom is -0.454 e. The molecule has 1 atom stereocenters. The van der Waals surface area contributed by atoms with Gasteiger partial charge in [0.05, 0.1) is 12.4 Å². The molecule has 0 aliphatic rings. The van der Waals surface area contributed by atoms with E-state index in [1.54, 1.807) is 6.20 Å². The van der Waals surface area contributed by atoms with E-state index in [1.807, 2.05) is 23.0 Å². The molecule has 0 spiro atoms. The first-order chi connectivity index (χ1) is 9.78. The second-order valence-electron chi connectivity index (χ2n) is 4.69. The first-order valence-electron chi connectivity index (χ1n) is 7.31. The standard InChI is InChI=1S/C16H23N3O/c1-4-15(17-5-2)14-9-7-8-10-16(14)20-13-11-18-19(6-3)12-13/h7-12,15,17H,4-6H2,1-3H3. The number of hydrogen-bond donors (Lipinski definition) is 1. The molecule has 0 bridgehead atoms. The summed E-state index contributed by atoms with van der Waals surface area (Å²) in [4.78, 5) is 0. The van der Waals surface area contributed by atoms with Gasteiger partial charge in [-0.3, -0.25) is 4.68 Å². The van der Waals surface area contributed by atoms with E-state index in [4.69, 9.17) is 4.74 Å². The summed E-state index contributed by atoms with van der Waals surface area (Å²) in [5.74, 6) is 1.68. The third-order valence-corrected chi connectivity index (χ3v) is 3.31. The number of ether oxygens (including phenoxy) is 1. The lowest BCUT2D eigenvalue weighted by Gasteiger charge is -2.19. The van der Waals surface area contributed by atoms with Crippen molar-refractivity contribution in [1.82, 2.24) is 15.1 Å². The number of aromatic nitrogens is 2. The highest BCUT2D eigenvalue weighted by Crippen LogP contribution is 2.30. The number of aryl methyl sites for hydroxylation is 1. The van der Waals surface area contributed by atoms with Gasteiger partial charge in [-0.2, -0.15) is 5.10 Å². The van der Waals surface area contributed by atoms with Crippen molar-refractivity contribution in [2.24, 2.45) is 0 Å². The third-order valence-electron chi connectivity index (χ3n) is 3.31. The molecule has 1 aromatic carbocycles. The van der Waals surface area contributed by atoms with Crippen LogP contribution in [0.1, 0.15) is 38.8 Å². The average molecular weight is 273 g/mol. The van der Waals surface area contributed by atoms with Gasteiger partial charge in [-0.25, -0.2) is 0 Å². The summed E-state index contributed by atoms with van der Waals surface area (Å²) >= 11 is 0. The first kappa shape index (κ1) is 14.6. The molecule has 0 radical (unpaired) electrons. The lowest BCUT2D eigenvalue weighted by atomic mass is 10.0. The minimum absolute atomic E-state index is 0.317. The lowest BCUT2D eigenvalue weighted by Crippen LogP contribution is -2.20. The Labute approximate surface area is 120 Å². The van der Waals surface area contributed by atoms with Gasteiger partial charge in [0.25, 0.3) is 0 Å². The van der Waals surface area contributed by atoms with Gasteiger partial charge in [-0.05, 0) is 26.0 Å². The van der Waals surface area contributed by atoms with Crippen molar-refractivity contribution in [1.29, 1.82) is 0 Å². The number of nitrogens with one attached hydrogen (secondary N) is 1. The largest absolute Gasteiger partial charge is 0.454 e. The molecule has 4 nitrogen and oxygen atoms in total. The normalized spacial score (nSPS) is 12.3. The zero-order chi connectivity index (χ0) is 14.4. The van der Waals surface area contributed by atoms with E-state index >= 15 is 0 Å². The number of rotatable bonds is 7. The number of nitrogens with zero attached hydrogens (tertiary/aromatic N) is 2. The molecular formula is C16H23N3O. The van der Waals surface area contributed by atoms with Crippen LogP contribution in [-0.4, -0.2) is 16.3 Å². The zero-order valence-electron chi connectivity index (χ0n) is 12.5. The Morgan fingerprint density at radius 3 is 2.70 bits per heavy atom. The van der Waals surface area contributed by atoms with E-state index in [0.717, 1.165) is 31.0 Å². The third kappa shape index (κ3) is 3.39. The van der Waals surface area contributed by atoms with Crippen LogP contribution >= 0.6 is 0 Å².